The molecule has 36 heavy (non-hydrogen) atoms. The molecule has 7 nitrogen and oxygen atoms in total. The van der Waals surface area contributed by atoms with Crippen LogP contribution >= 0.6 is 11.3 Å². The zero-order chi connectivity index (χ0) is 25.4. The van der Waals surface area contributed by atoms with Gasteiger partial charge in [-0.2, -0.15) is 0 Å². The van der Waals surface area contributed by atoms with Gasteiger partial charge in [-0.25, -0.2) is 0 Å². The average Bonchev–Trinajstić information content (AvgIpc) is 3.63. The Labute approximate surface area is 219 Å². The molecule has 2 aromatic rings. The number of hydrogen-bond donors (Lipinski definition) is 1. The predicted octanol–water partition coefficient (Wildman–Crippen LogP) is 5.58. The molecule has 2 aliphatic heterocycles. The number of aryl methyl sites for hydroxylation is 1. The lowest BCUT2D eigenvalue weighted by Gasteiger charge is -2.40. The van der Waals surface area contributed by atoms with Crippen LogP contribution in [0.25, 0.3) is 0 Å². The summed E-state index contributed by atoms with van der Waals surface area (Å²) in [6, 6.07) is 3.58. The third kappa shape index (κ3) is 5.17. The smallest absolute Gasteiger partial charge is 0.223 e. The van der Waals surface area contributed by atoms with Crippen LogP contribution in [0.2, 0.25) is 0 Å². The van der Waals surface area contributed by atoms with E-state index in [1.54, 1.807) is 18.3 Å². The molecule has 0 radical (unpaired) electrons. The van der Waals surface area contributed by atoms with Gasteiger partial charge in [0.25, 0.3) is 0 Å². The molecule has 0 spiro atoms. The Morgan fingerprint density at radius 2 is 1.78 bits per heavy atom. The van der Waals surface area contributed by atoms with E-state index < -0.39 is 0 Å². The summed E-state index contributed by atoms with van der Waals surface area (Å²) >= 11 is 1.61. The van der Waals surface area contributed by atoms with Crippen molar-refractivity contribution in [3.8, 4) is 0 Å². The third-order valence-electron chi connectivity index (χ3n) is 8.72. The van der Waals surface area contributed by atoms with E-state index in [1.165, 1.54) is 12.8 Å². The fraction of sp³-hybridized carbons (Fsp3) is 0.714. The number of fused-ring (bicyclic) bond motifs is 2. The number of piperidine rings is 1. The topological polar surface area (TPSA) is 80.1 Å². The van der Waals surface area contributed by atoms with Crippen molar-refractivity contribution in [3.63, 3.8) is 0 Å². The maximum absolute atomic E-state index is 13.1. The lowest BCUT2D eigenvalue weighted by molar-refractivity contribution is -0.125. The second-order valence-electron chi connectivity index (χ2n) is 11.5. The summed E-state index contributed by atoms with van der Waals surface area (Å²) < 4.78 is 2.41. The number of carbonyl (C=O) groups excluding carboxylic acids is 2. The lowest BCUT2D eigenvalue weighted by Crippen LogP contribution is -2.45. The Balaban J connectivity index is 1.28. The molecule has 2 aromatic heterocycles. The number of carbonyl (C=O) groups is 2. The van der Waals surface area contributed by atoms with Crippen molar-refractivity contribution >= 4 is 23.0 Å². The largest absolute Gasteiger partial charge is 0.348 e. The summed E-state index contributed by atoms with van der Waals surface area (Å²) in [4.78, 5) is 28.8. The number of hydrogen-bond acceptors (Lipinski definition) is 6. The Kier molecular flexibility index (Phi) is 7.63. The van der Waals surface area contributed by atoms with Gasteiger partial charge in [-0.05, 0) is 64.9 Å². The van der Waals surface area contributed by atoms with E-state index in [0.717, 1.165) is 73.6 Å². The van der Waals surface area contributed by atoms with E-state index in [1.807, 2.05) is 11.4 Å². The number of rotatable bonds is 9. The Morgan fingerprint density at radius 1 is 1.08 bits per heavy atom. The minimum absolute atomic E-state index is 0.0269. The van der Waals surface area contributed by atoms with Crippen LogP contribution in [0.4, 0.5) is 0 Å². The minimum Gasteiger partial charge on any atom is -0.348 e. The summed E-state index contributed by atoms with van der Waals surface area (Å²) in [5, 5.41) is 14.2. The number of nitrogens with zero attached hydrogens (tertiary/aromatic N) is 4. The minimum atomic E-state index is -0.0269. The van der Waals surface area contributed by atoms with Gasteiger partial charge < -0.3 is 9.88 Å². The van der Waals surface area contributed by atoms with Crippen LogP contribution in [0.1, 0.15) is 123 Å². The molecule has 1 unspecified atom stereocenters. The highest BCUT2D eigenvalue weighted by molar-refractivity contribution is 7.10. The van der Waals surface area contributed by atoms with Crippen molar-refractivity contribution in [2.45, 2.75) is 116 Å². The van der Waals surface area contributed by atoms with Crippen LogP contribution in [-0.4, -0.2) is 50.0 Å². The van der Waals surface area contributed by atoms with Crippen molar-refractivity contribution in [2.24, 2.45) is 5.92 Å². The molecule has 3 fully saturated rings. The van der Waals surface area contributed by atoms with Crippen molar-refractivity contribution < 1.29 is 9.59 Å². The molecular formula is C28H41N5O2S. The molecule has 2 saturated heterocycles. The van der Waals surface area contributed by atoms with Crippen LogP contribution in [0.15, 0.2) is 11.4 Å². The first-order valence-corrected chi connectivity index (χ1v) is 14.8. The highest BCUT2D eigenvalue weighted by Crippen LogP contribution is 2.42. The Morgan fingerprint density at radius 3 is 2.39 bits per heavy atom. The SMILES string of the molecule is CC(=O)c1csc([C@H](CCN2[C@@H]3CC[C@H]2CC(n2c(C)nnc2C(C)C)C3)NC(=O)C2CCCC2)c1. The van der Waals surface area contributed by atoms with Gasteiger partial charge in [0.1, 0.15) is 11.6 Å². The molecule has 5 rings (SSSR count). The second kappa shape index (κ2) is 10.7. The maximum Gasteiger partial charge on any atom is 0.223 e. The van der Waals surface area contributed by atoms with Gasteiger partial charge in [-0.15, -0.1) is 21.5 Å². The number of Topliss-reactive ketones (excluding diaryl/α,β-unsaturated/α-hetero) is 1. The van der Waals surface area contributed by atoms with E-state index in [0.29, 0.717) is 24.0 Å². The third-order valence-corrected chi connectivity index (χ3v) is 9.77. The van der Waals surface area contributed by atoms with Crippen LogP contribution in [0.5, 0.6) is 0 Å². The van der Waals surface area contributed by atoms with Crippen molar-refractivity contribution in [2.75, 3.05) is 6.54 Å². The molecule has 4 atom stereocenters. The summed E-state index contributed by atoms with van der Waals surface area (Å²) in [5.41, 5.74) is 0.751. The van der Waals surface area contributed by atoms with Gasteiger partial charge in [0.05, 0.1) is 6.04 Å². The van der Waals surface area contributed by atoms with E-state index in [9.17, 15) is 9.59 Å². The average molecular weight is 512 g/mol. The van der Waals surface area contributed by atoms with Gasteiger partial charge in [0.15, 0.2) is 5.78 Å². The molecule has 1 N–H and O–H groups in total. The molecule has 196 valence electrons. The zero-order valence-corrected chi connectivity index (χ0v) is 23.0. The van der Waals surface area contributed by atoms with Crippen LogP contribution < -0.4 is 5.32 Å². The first-order chi connectivity index (χ1) is 17.3. The van der Waals surface area contributed by atoms with Gasteiger partial charge in [0, 0.05) is 52.3 Å². The molecule has 8 heteroatoms. The first kappa shape index (κ1) is 25.6. The molecule has 1 aliphatic carbocycles. The Bertz CT molecular complexity index is 1070. The van der Waals surface area contributed by atoms with Crippen LogP contribution in [-0.2, 0) is 4.79 Å². The van der Waals surface area contributed by atoms with Crippen molar-refractivity contribution in [3.05, 3.63) is 33.5 Å². The summed E-state index contributed by atoms with van der Waals surface area (Å²) in [6.07, 6.45) is 9.95. The first-order valence-electron chi connectivity index (χ1n) is 13.9. The summed E-state index contributed by atoms with van der Waals surface area (Å²) in [6.45, 7) is 9.07. The monoisotopic (exact) mass is 511 g/mol. The number of amides is 1. The van der Waals surface area contributed by atoms with Crippen LogP contribution in [0, 0.1) is 12.8 Å². The zero-order valence-electron chi connectivity index (χ0n) is 22.2. The molecule has 3 aliphatic rings. The number of thiophene rings is 1. The normalized spacial score (nSPS) is 25.5. The van der Waals surface area contributed by atoms with E-state index in [-0.39, 0.29) is 23.7 Å². The molecular weight excluding hydrogens is 470 g/mol. The molecule has 0 aromatic carbocycles. The molecule has 4 heterocycles. The molecule has 2 bridgehead atoms. The predicted molar refractivity (Wildman–Crippen MR) is 142 cm³/mol. The molecule has 1 amide bonds. The highest BCUT2D eigenvalue weighted by atomic mass is 32.1. The number of ketones is 1. The molecule has 1 saturated carbocycles. The van der Waals surface area contributed by atoms with Gasteiger partial charge in [-0.3, -0.25) is 14.5 Å². The number of nitrogens with one attached hydrogen (secondary N) is 1. The van der Waals surface area contributed by atoms with Crippen LogP contribution in [0.3, 0.4) is 0 Å². The van der Waals surface area contributed by atoms with E-state index in [2.05, 4.69) is 45.8 Å². The summed E-state index contributed by atoms with van der Waals surface area (Å²) in [5.74, 6) is 2.94. The fourth-order valence-corrected chi connectivity index (χ4v) is 7.85. The summed E-state index contributed by atoms with van der Waals surface area (Å²) in [7, 11) is 0. The van der Waals surface area contributed by atoms with Gasteiger partial charge >= 0.3 is 0 Å². The quantitative estimate of drug-likeness (QED) is 0.445. The number of aromatic nitrogens is 3. The van der Waals surface area contributed by atoms with E-state index >= 15 is 0 Å². The standard InChI is InChI=1S/C28H41N5O2S/c1-17(2)27-31-30-19(4)33(27)24-14-22-9-10-23(15-24)32(22)12-11-25(26-13-21(16-36-26)18(3)34)29-28(35)20-7-5-6-8-20/h13,16-17,20,22-25H,5-12,14-15H2,1-4H3,(H,29,35)/t22-,23+,24?,25-/m0/s1. The maximum atomic E-state index is 13.1. The second-order valence-corrected chi connectivity index (χ2v) is 12.4. The lowest BCUT2D eigenvalue weighted by atomic mass is 9.95. The highest BCUT2D eigenvalue weighted by Gasteiger charge is 2.42. The Hall–Kier alpha value is -2.06. The van der Waals surface area contributed by atoms with Gasteiger partial charge in [0.2, 0.25) is 5.91 Å². The van der Waals surface area contributed by atoms with E-state index in [4.69, 9.17) is 0 Å². The fourth-order valence-electron chi connectivity index (χ4n) is 6.81. The van der Waals surface area contributed by atoms with Crippen molar-refractivity contribution in [1.29, 1.82) is 0 Å². The van der Waals surface area contributed by atoms with Crippen molar-refractivity contribution in [1.82, 2.24) is 25.0 Å². The van der Waals surface area contributed by atoms with Gasteiger partial charge in [-0.1, -0.05) is 26.7 Å².